The minimum Gasteiger partial charge on any atom is -0.320 e. The van der Waals surface area contributed by atoms with Crippen molar-refractivity contribution in [3.63, 3.8) is 0 Å². The van der Waals surface area contributed by atoms with Gasteiger partial charge in [0.25, 0.3) is 0 Å². The third-order valence-electron chi connectivity index (χ3n) is 2.17. The van der Waals surface area contributed by atoms with E-state index in [0.717, 1.165) is 4.88 Å². The van der Waals surface area contributed by atoms with Crippen LogP contribution < -0.4 is 5.73 Å². The van der Waals surface area contributed by atoms with Gasteiger partial charge >= 0.3 is 0 Å². The fourth-order valence-corrected chi connectivity index (χ4v) is 2.51. The first kappa shape index (κ1) is 10.8. The Labute approximate surface area is 99.9 Å². The maximum atomic E-state index is 13.7. The molecule has 1 atom stereocenters. The van der Waals surface area contributed by atoms with Gasteiger partial charge in [0.05, 0.1) is 10.5 Å². The van der Waals surface area contributed by atoms with Crippen LogP contribution in [0.1, 0.15) is 16.5 Å². The molecule has 0 aliphatic rings. The quantitative estimate of drug-likeness (QED) is 0.895. The molecule has 78 valence electrons. The Kier molecular flexibility index (Phi) is 3.19. The first-order valence-corrected chi connectivity index (χ1v) is 6.10. The van der Waals surface area contributed by atoms with Crippen LogP contribution in [-0.4, -0.2) is 0 Å². The monoisotopic (exact) mass is 285 g/mol. The second-order valence-corrected chi connectivity index (χ2v) is 4.97. The zero-order valence-corrected chi connectivity index (χ0v) is 10.2. The SMILES string of the molecule is N[C@H](c1cccs1)c1cccc(Br)c1F. The lowest BCUT2D eigenvalue weighted by Crippen LogP contribution is -2.12. The highest BCUT2D eigenvalue weighted by Gasteiger charge is 2.15. The predicted molar refractivity (Wildman–Crippen MR) is 64.4 cm³/mol. The minimum absolute atomic E-state index is 0.279. The van der Waals surface area contributed by atoms with Crippen molar-refractivity contribution in [3.8, 4) is 0 Å². The fraction of sp³-hybridized carbons (Fsp3) is 0.0909. The van der Waals surface area contributed by atoms with Gasteiger partial charge in [0.1, 0.15) is 5.82 Å². The summed E-state index contributed by atoms with van der Waals surface area (Å²) in [5.74, 6) is -0.279. The molecule has 0 unspecified atom stereocenters. The van der Waals surface area contributed by atoms with Gasteiger partial charge in [-0.2, -0.15) is 0 Å². The summed E-state index contributed by atoms with van der Waals surface area (Å²) in [6.45, 7) is 0. The van der Waals surface area contributed by atoms with E-state index >= 15 is 0 Å². The summed E-state index contributed by atoms with van der Waals surface area (Å²) in [5.41, 5.74) is 6.50. The second kappa shape index (κ2) is 4.43. The molecular formula is C11H9BrFNS. The average Bonchev–Trinajstić information content (AvgIpc) is 2.74. The first-order chi connectivity index (χ1) is 7.20. The number of thiophene rings is 1. The van der Waals surface area contributed by atoms with E-state index in [2.05, 4.69) is 15.9 Å². The molecule has 0 bridgehead atoms. The van der Waals surface area contributed by atoms with Crippen LogP contribution in [0.4, 0.5) is 4.39 Å². The van der Waals surface area contributed by atoms with Crippen molar-refractivity contribution in [2.75, 3.05) is 0 Å². The molecule has 0 amide bonds. The minimum atomic E-state index is -0.387. The Hall–Kier alpha value is -0.710. The average molecular weight is 286 g/mol. The van der Waals surface area contributed by atoms with Crippen LogP contribution in [0.2, 0.25) is 0 Å². The van der Waals surface area contributed by atoms with Crippen LogP contribution in [0.15, 0.2) is 40.2 Å². The van der Waals surface area contributed by atoms with Gasteiger partial charge in [-0.25, -0.2) is 4.39 Å². The van der Waals surface area contributed by atoms with Crippen LogP contribution in [0.3, 0.4) is 0 Å². The molecule has 0 fully saturated rings. The standard InChI is InChI=1S/C11H9BrFNS/c12-8-4-1-3-7(10(8)13)11(14)9-5-2-6-15-9/h1-6,11H,14H2/t11-/m0/s1. The lowest BCUT2D eigenvalue weighted by molar-refractivity contribution is 0.594. The highest BCUT2D eigenvalue weighted by atomic mass is 79.9. The van der Waals surface area contributed by atoms with Crippen molar-refractivity contribution in [2.24, 2.45) is 5.73 Å². The molecule has 2 rings (SSSR count). The molecule has 0 spiro atoms. The smallest absolute Gasteiger partial charge is 0.142 e. The van der Waals surface area contributed by atoms with E-state index in [9.17, 15) is 4.39 Å². The van der Waals surface area contributed by atoms with E-state index in [0.29, 0.717) is 10.0 Å². The molecule has 15 heavy (non-hydrogen) atoms. The Morgan fingerprint density at radius 1 is 1.27 bits per heavy atom. The normalized spacial score (nSPS) is 12.7. The van der Waals surface area contributed by atoms with Gasteiger partial charge < -0.3 is 5.73 Å². The molecular weight excluding hydrogens is 277 g/mol. The lowest BCUT2D eigenvalue weighted by Gasteiger charge is -2.11. The zero-order valence-electron chi connectivity index (χ0n) is 7.78. The van der Waals surface area contributed by atoms with Gasteiger partial charge in [0.15, 0.2) is 0 Å². The van der Waals surface area contributed by atoms with Gasteiger partial charge in [-0.1, -0.05) is 18.2 Å². The molecule has 1 aromatic carbocycles. The number of halogens is 2. The van der Waals surface area contributed by atoms with Crippen molar-refractivity contribution in [1.82, 2.24) is 0 Å². The number of hydrogen-bond donors (Lipinski definition) is 1. The molecule has 4 heteroatoms. The number of nitrogens with two attached hydrogens (primary N) is 1. The van der Waals surface area contributed by atoms with Crippen molar-refractivity contribution < 1.29 is 4.39 Å². The van der Waals surface area contributed by atoms with Crippen LogP contribution in [-0.2, 0) is 0 Å². The summed E-state index contributed by atoms with van der Waals surface area (Å²) >= 11 is 4.68. The molecule has 0 radical (unpaired) electrons. The summed E-state index contributed by atoms with van der Waals surface area (Å²) in [6, 6.07) is 8.61. The highest BCUT2D eigenvalue weighted by Crippen LogP contribution is 2.28. The third-order valence-corrected chi connectivity index (χ3v) is 3.73. The summed E-state index contributed by atoms with van der Waals surface area (Å²) in [7, 11) is 0. The zero-order chi connectivity index (χ0) is 10.8. The van der Waals surface area contributed by atoms with Gasteiger partial charge in [0, 0.05) is 10.4 Å². The molecule has 1 heterocycles. The summed E-state index contributed by atoms with van der Waals surface area (Å²) in [4.78, 5) is 0.965. The van der Waals surface area contributed by atoms with E-state index in [1.165, 1.54) is 11.3 Å². The Morgan fingerprint density at radius 2 is 2.07 bits per heavy atom. The molecule has 2 N–H and O–H groups in total. The molecule has 1 nitrogen and oxygen atoms in total. The maximum Gasteiger partial charge on any atom is 0.142 e. The molecule has 0 aliphatic carbocycles. The second-order valence-electron chi connectivity index (χ2n) is 3.14. The van der Waals surface area contributed by atoms with Crippen LogP contribution in [0.25, 0.3) is 0 Å². The van der Waals surface area contributed by atoms with Crippen molar-refractivity contribution in [2.45, 2.75) is 6.04 Å². The van der Waals surface area contributed by atoms with Gasteiger partial charge in [-0.05, 0) is 33.4 Å². The Morgan fingerprint density at radius 3 is 2.73 bits per heavy atom. The fourth-order valence-electron chi connectivity index (χ4n) is 1.38. The predicted octanol–water partition coefficient (Wildman–Crippen LogP) is 3.70. The van der Waals surface area contributed by atoms with Crippen molar-refractivity contribution in [3.05, 3.63) is 56.4 Å². The lowest BCUT2D eigenvalue weighted by atomic mass is 10.1. The number of benzene rings is 1. The van der Waals surface area contributed by atoms with Crippen molar-refractivity contribution >= 4 is 27.3 Å². The Bertz CT molecular complexity index is 456. The van der Waals surface area contributed by atoms with E-state index < -0.39 is 0 Å². The number of hydrogen-bond acceptors (Lipinski definition) is 2. The van der Waals surface area contributed by atoms with E-state index in [4.69, 9.17) is 5.73 Å². The number of rotatable bonds is 2. The molecule has 1 aromatic heterocycles. The summed E-state index contributed by atoms with van der Waals surface area (Å²) in [5, 5.41) is 1.94. The van der Waals surface area contributed by atoms with E-state index in [1.807, 2.05) is 17.5 Å². The van der Waals surface area contributed by atoms with E-state index in [1.54, 1.807) is 18.2 Å². The molecule has 2 aromatic rings. The first-order valence-electron chi connectivity index (χ1n) is 4.43. The van der Waals surface area contributed by atoms with E-state index in [-0.39, 0.29) is 11.9 Å². The summed E-state index contributed by atoms with van der Waals surface area (Å²) in [6.07, 6.45) is 0. The Balaban J connectivity index is 2.42. The highest BCUT2D eigenvalue weighted by molar-refractivity contribution is 9.10. The van der Waals surface area contributed by atoms with Crippen LogP contribution in [0, 0.1) is 5.82 Å². The van der Waals surface area contributed by atoms with Crippen LogP contribution in [0.5, 0.6) is 0 Å². The topological polar surface area (TPSA) is 26.0 Å². The largest absolute Gasteiger partial charge is 0.320 e. The maximum absolute atomic E-state index is 13.7. The summed E-state index contributed by atoms with van der Waals surface area (Å²) < 4.78 is 14.2. The van der Waals surface area contributed by atoms with Crippen molar-refractivity contribution in [1.29, 1.82) is 0 Å². The van der Waals surface area contributed by atoms with Gasteiger partial charge in [0.2, 0.25) is 0 Å². The van der Waals surface area contributed by atoms with Crippen LogP contribution >= 0.6 is 27.3 Å². The third kappa shape index (κ3) is 2.12. The van der Waals surface area contributed by atoms with Gasteiger partial charge in [-0.15, -0.1) is 11.3 Å². The molecule has 0 aliphatic heterocycles. The van der Waals surface area contributed by atoms with Gasteiger partial charge in [-0.3, -0.25) is 0 Å². The molecule has 0 saturated carbocycles. The molecule has 0 saturated heterocycles.